The average Bonchev–Trinajstić information content (AvgIpc) is 2.72. The van der Waals surface area contributed by atoms with Crippen molar-refractivity contribution in [1.82, 2.24) is 15.1 Å². The molecule has 0 radical (unpaired) electrons. The van der Waals surface area contributed by atoms with Crippen molar-refractivity contribution in [2.24, 2.45) is 7.05 Å². The van der Waals surface area contributed by atoms with Crippen molar-refractivity contribution in [2.75, 3.05) is 25.2 Å². The number of nitrogens with one attached hydrogen (secondary N) is 1. The van der Waals surface area contributed by atoms with Gasteiger partial charge in [0.05, 0.1) is 28.6 Å². The van der Waals surface area contributed by atoms with Crippen LogP contribution in [0.2, 0.25) is 0 Å². The predicted molar refractivity (Wildman–Crippen MR) is 83.9 cm³/mol. The summed E-state index contributed by atoms with van der Waals surface area (Å²) in [5.74, 6) is 2.18. The summed E-state index contributed by atoms with van der Waals surface area (Å²) in [6.07, 6.45) is 2.18. The summed E-state index contributed by atoms with van der Waals surface area (Å²) in [6.45, 7) is 2.99. The first kappa shape index (κ1) is 15.4. The number of likely N-dealkylation sites (N-methyl/N-ethyl adjacent to an activating group) is 1. The SMILES string of the molecule is CCc1nn(C)c(CC(NC)C2CSCCO2)c1Br. The summed E-state index contributed by atoms with van der Waals surface area (Å²) in [6, 6.07) is 0.337. The van der Waals surface area contributed by atoms with E-state index in [1.165, 1.54) is 5.69 Å². The van der Waals surface area contributed by atoms with E-state index in [4.69, 9.17) is 4.74 Å². The number of aromatic nitrogens is 2. The first-order chi connectivity index (χ1) is 9.17. The highest BCUT2D eigenvalue weighted by molar-refractivity contribution is 9.10. The van der Waals surface area contributed by atoms with Crippen molar-refractivity contribution < 1.29 is 4.74 Å². The number of ether oxygens (including phenoxy) is 1. The lowest BCUT2D eigenvalue weighted by Crippen LogP contribution is -2.45. The van der Waals surface area contributed by atoms with Crippen LogP contribution in [0.3, 0.4) is 0 Å². The third-order valence-electron chi connectivity index (χ3n) is 3.58. The fourth-order valence-corrected chi connectivity index (χ4v) is 4.13. The number of hydrogen-bond donors (Lipinski definition) is 1. The quantitative estimate of drug-likeness (QED) is 0.884. The Morgan fingerprint density at radius 1 is 1.63 bits per heavy atom. The van der Waals surface area contributed by atoms with Crippen LogP contribution in [0, 0.1) is 0 Å². The Labute approximate surface area is 127 Å². The van der Waals surface area contributed by atoms with Crippen molar-refractivity contribution in [1.29, 1.82) is 0 Å². The Hall–Kier alpha value is -0.0400. The first-order valence-corrected chi connectivity index (χ1v) is 8.69. The van der Waals surface area contributed by atoms with Crippen molar-refractivity contribution in [3.63, 3.8) is 0 Å². The van der Waals surface area contributed by atoms with E-state index in [1.54, 1.807) is 0 Å². The summed E-state index contributed by atoms with van der Waals surface area (Å²) in [7, 11) is 4.03. The zero-order chi connectivity index (χ0) is 13.8. The molecule has 1 N–H and O–H groups in total. The Bertz CT molecular complexity index is 418. The summed E-state index contributed by atoms with van der Waals surface area (Å²) < 4.78 is 9.03. The predicted octanol–water partition coefficient (Wildman–Crippen LogP) is 2.01. The lowest BCUT2D eigenvalue weighted by molar-refractivity contribution is 0.0487. The second-order valence-electron chi connectivity index (χ2n) is 4.77. The van der Waals surface area contributed by atoms with E-state index in [0.717, 1.165) is 41.1 Å². The van der Waals surface area contributed by atoms with Gasteiger partial charge in [0.1, 0.15) is 0 Å². The minimum atomic E-state index is 0.288. The van der Waals surface area contributed by atoms with Crippen LogP contribution in [-0.2, 0) is 24.6 Å². The molecule has 1 aromatic heterocycles. The van der Waals surface area contributed by atoms with Gasteiger partial charge >= 0.3 is 0 Å². The van der Waals surface area contributed by atoms with Gasteiger partial charge in [-0.15, -0.1) is 0 Å². The molecule has 2 atom stereocenters. The van der Waals surface area contributed by atoms with Crippen LogP contribution < -0.4 is 5.32 Å². The molecule has 1 saturated heterocycles. The second-order valence-corrected chi connectivity index (χ2v) is 6.71. The molecular formula is C13H22BrN3OS. The maximum Gasteiger partial charge on any atom is 0.0822 e. The van der Waals surface area contributed by atoms with Gasteiger partial charge in [-0.2, -0.15) is 16.9 Å². The molecule has 0 bridgehead atoms. The van der Waals surface area contributed by atoms with Gasteiger partial charge in [-0.25, -0.2) is 0 Å². The highest BCUT2D eigenvalue weighted by Crippen LogP contribution is 2.25. The zero-order valence-corrected chi connectivity index (χ0v) is 14.2. The van der Waals surface area contributed by atoms with Gasteiger partial charge in [0, 0.05) is 31.0 Å². The van der Waals surface area contributed by atoms with Crippen LogP contribution in [-0.4, -0.2) is 47.1 Å². The molecule has 0 amide bonds. The Kier molecular flexibility index (Phi) is 5.74. The van der Waals surface area contributed by atoms with Crippen molar-refractivity contribution >= 4 is 27.7 Å². The molecule has 1 fully saturated rings. The zero-order valence-electron chi connectivity index (χ0n) is 11.8. The van der Waals surface area contributed by atoms with E-state index in [-0.39, 0.29) is 6.10 Å². The maximum atomic E-state index is 5.89. The van der Waals surface area contributed by atoms with Crippen molar-refractivity contribution in [3.05, 3.63) is 15.9 Å². The Morgan fingerprint density at radius 2 is 2.42 bits per heavy atom. The number of thioether (sulfide) groups is 1. The highest BCUT2D eigenvalue weighted by Gasteiger charge is 2.26. The van der Waals surface area contributed by atoms with E-state index in [9.17, 15) is 0 Å². The van der Waals surface area contributed by atoms with Gasteiger partial charge in [0.15, 0.2) is 0 Å². The monoisotopic (exact) mass is 347 g/mol. The summed E-state index contributed by atoms with van der Waals surface area (Å²) in [4.78, 5) is 0. The number of nitrogens with zero attached hydrogens (tertiary/aromatic N) is 2. The minimum absolute atomic E-state index is 0.288. The third kappa shape index (κ3) is 3.54. The molecule has 1 aromatic rings. The number of aryl methyl sites for hydroxylation is 2. The molecule has 1 aliphatic rings. The topological polar surface area (TPSA) is 39.1 Å². The standard InChI is InChI=1S/C13H22BrN3OS/c1-4-9-13(14)11(17(3)16-9)7-10(15-2)12-8-19-6-5-18-12/h10,12,15H,4-8H2,1-3H3. The van der Waals surface area contributed by atoms with Crippen LogP contribution in [0.1, 0.15) is 18.3 Å². The van der Waals surface area contributed by atoms with Gasteiger partial charge in [0.2, 0.25) is 0 Å². The molecule has 0 aromatic carbocycles. The third-order valence-corrected chi connectivity index (χ3v) is 5.51. The molecule has 19 heavy (non-hydrogen) atoms. The normalized spacial score (nSPS) is 21.6. The molecule has 2 heterocycles. The van der Waals surface area contributed by atoms with Crippen LogP contribution in [0.15, 0.2) is 4.47 Å². The molecule has 2 rings (SSSR count). The van der Waals surface area contributed by atoms with Crippen LogP contribution in [0.4, 0.5) is 0 Å². The molecule has 2 unspecified atom stereocenters. The molecule has 4 nitrogen and oxygen atoms in total. The van der Waals surface area contributed by atoms with Crippen LogP contribution in [0.5, 0.6) is 0 Å². The lowest BCUT2D eigenvalue weighted by Gasteiger charge is -2.30. The fourth-order valence-electron chi connectivity index (χ4n) is 2.41. The summed E-state index contributed by atoms with van der Waals surface area (Å²) >= 11 is 5.66. The molecule has 6 heteroatoms. The van der Waals surface area contributed by atoms with E-state index >= 15 is 0 Å². The molecule has 108 valence electrons. The molecular weight excluding hydrogens is 326 g/mol. The minimum Gasteiger partial charge on any atom is -0.375 e. The summed E-state index contributed by atoms with van der Waals surface area (Å²) in [5.41, 5.74) is 2.38. The average molecular weight is 348 g/mol. The van der Waals surface area contributed by atoms with Crippen LogP contribution >= 0.6 is 27.7 Å². The smallest absolute Gasteiger partial charge is 0.0822 e. The van der Waals surface area contributed by atoms with E-state index in [1.807, 2.05) is 30.5 Å². The van der Waals surface area contributed by atoms with Crippen molar-refractivity contribution in [3.8, 4) is 0 Å². The Balaban J connectivity index is 2.11. The van der Waals surface area contributed by atoms with E-state index in [0.29, 0.717) is 6.04 Å². The largest absolute Gasteiger partial charge is 0.375 e. The van der Waals surface area contributed by atoms with Crippen molar-refractivity contribution in [2.45, 2.75) is 31.9 Å². The first-order valence-electron chi connectivity index (χ1n) is 6.74. The lowest BCUT2D eigenvalue weighted by atomic mass is 10.1. The Morgan fingerprint density at radius 3 is 2.95 bits per heavy atom. The molecule has 1 aliphatic heterocycles. The maximum absolute atomic E-state index is 5.89. The highest BCUT2D eigenvalue weighted by atomic mass is 79.9. The van der Waals surface area contributed by atoms with Gasteiger partial charge in [-0.3, -0.25) is 4.68 Å². The fraction of sp³-hybridized carbons (Fsp3) is 0.769. The number of rotatable bonds is 5. The van der Waals surface area contributed by atoms with Gasteiger partial charge in [0.25, 0.3) is 0 Å². The van der Waals surface area contributed by atoms with E-state index < -0.39 is 0 Å². The second kappa shape index (κ2) is 7.11. The van der Waals surface area contributed by atoms with Gasteiger partial charge in [-0.1, -0.05) is 6.92 Å². The summed E-state index contributed by atoms with van der Waals surface area (Å²) in [5, 5.41) is 7.96. The van der Waals surface area contributed by atoms with Gasteiger partial charge in [-0.05, 0) is 29.4 Å². The van der Waals surface area contributed by atoms with Crippen LogP contribution in [0.25, 0.3) is 0 Å². The molecule has 0 spiro atoms. The number of hydrogen-bond acceptors (Lipinski definition) is 4. The van der Waals surface area contributed by atoms with Gasteiger partial charge < -0.3 is 10.1 Å². The molecule has 0 aliphatic carbocycles. The molecule has 0 saturated carbocycles. The number of halogens is 1. The van der Waals surface area contributed by atoms with E-state index in [2.05, 4.69) is 33.3 Å².